The summed E-state index contributed by atoms with van der Waals surface area (Å²) in [7, 11) is 0. The minimum atomic E-state index is -1.55. The molecule has 0 rings (SSSR count). The minimum absolute atomic E-state index is 0.255. The molecular weight excluding hydrogens is 468 g/mol. The van der Waals surface area contributed by atoms with Gasteiger partial charge < -0.3 is 43.4 Å². The number of carbonyl (C=O) groups excluding carboxylic acids is 5. The quantitative estimate of drug-likeness (QED) is 0.0991. The van der Waals surface area contributed by atoms with E-state index in [9.17, 15) is 38.7 Å². The van der Waals surface area contributed by atoms with Crippen LogP contribution in [0.3, 0.4) is 0 Å². The van der Waals surface area contributed by atoms with Crippen LogP contribution in [0, 0.1) is 5.92 Å². The minimum Gasteiger partial charge on any atom is -0.481 e. The number of aliphatic carboxylic acids is 2. The summed E-state index contributed by atoms with van der Waals surface area (Å²) in [5, 5.41) is 24.8. The lowest BCUT2D eigenvalue weighted by molar-refractivity contribution is -0.143. The highest BCUT2D eigenvalue weighted by Gasteiger charge is 2.32. The molecule has 0 aliphatic rings. The molecule has 0 heterocycles. The van der Waals surface area contributed by atoms with E-state index in [1.807, 2.05) is 0 Å². The molecule has 0 aromatic rings. The van der Waals surface area contributed by atoms with Crippen LogP contribution in [0.15, 0.2) is 0 Å². The highest BCUT2D eigenvalue weighted by molar-refractivity contribution is 5.96. The van der Waals surface area contributed by atoms with Crippen molar-refractivity contribution in [3.63, 3.8) is 0 Å². The second-order valence-electron chi connectivity index (χ2n) is 8.04. The van der Waals surface area contributed by atoms with E-state index in [0.717, 1.165) is 0 Å². The largest absolute Gasteiger partial charge is 0.481 e. The number of hydrogen-bond donors (Lipinski definition) is 8. The number of hydrogen-bond acceptors (Lipinski definition) is 8. The monoisotopic (exact) mass is 502 g/mol. The van der Waals surface area contributed by atoms with Gasteiger partial charge in [0.25, 0.3) is 0 Å². The Morgan fingerprint density at radius 2 is 1.23 bits per heavy atom. The molecule has 0 saturated heterocycles. The van der Waals surface area contributed by atoms with Gasteiger partial charge >= 0.3 is 11.9 Å². The van der Waals surface area contributed by atoms with Crippen molar-refractivity contribution < 1.29 is 43.8 Å². The van der Waals surface area contributed by atoms with Crippen LogP contribution < -0.4 is 33.2 Å². The van der Waals surface area contributed by atoms with Gasteiger partial charge in [-0.2, -0.15) is 0 Å². The van der Waals surface area contributed by atoms with Crippen LogP contribution in [0.2, 0.25) is 0 Å². The summed E-state index contributed by atoms with van der Waals surface area (Å²) in [4.78, 5) is 82.6. The van der Waals surface area contributed by atoms with E-state index in [-0.39, 0.29) is 18.8 Å². The van der Waals surface area contributed by atoms with Gasteiger partial charge in [-0.3, -0.25) is 28.8 Å². The molecule has 15 nitrogen and oxygen atoms in total. The second kappa shape index (κ2) is 15.2. The van der Waals surface area contributed by atoms with Crippen molar-refractivity contribution in [2.45, 2.75) is 76.5 Å². The summed E-state index contributed by atoms with van der Waals surface area (Å²) < 4.78 is 0. The van der Waals surface area contributed by atoms with E-state index >= 15 is 0 Å². The van der Waals surface area contributed by atoms with Crippen LogP contribution in [0.5, 0.6) is 0 Å². The molecule has 5 unspecified atom stereocenters. The van der Waals surface area contributed by atoms with Crippen molar-refractivity contribution >= 4 is 41.5 Å². The zero-order chi connectivity index (χ0) is 27.3. The fourth-order valence-corrected chi connectivity index (χ4v) is 2.82. The van der Waals surface area contributed by atoms with Crippen LogP contribution >= 0.6 is 0 Å². The van der Waals surface area contributed by atoms with Gasteiger partial charge in [0.2, 0.25) is 29.5 Å². The fourth-order valence-electron chi connectivity index (χ4n) is 2.82. The zero-order valence-corrected chi connectivity index (χ0v) is 19.6. The number of carboxylic acid groups (broad SMARTS) is 2. The fraction of sp³-hybridized carbons (Fsp3) is 0.650. The molecule has 0 aromatic carbocycles. The first kappa shape index (κ1) is 31.2. The van der Waals surface area contributed by atoms with Gasteiger partial charge in [-0.15, -0.1) is 0 Å². The predicted molar refractivity (Wildman–Crippen MR) is 120 cm³/mol. The summed E-state index contributed by atoms with van der Waals surface area (Å²) in [5.74, 6) is -7.64. The highest BCUT2D eigenvalue weighted by Crippen LogP contribution is 2.07. The normalized spacial score (nSPS) is 14.9. The van der Waals surface area contributed by atoms with Crippen LogP contribution in [0.4, 0.5) is 0 Å². The van der Waals surface area contributed by atoms with Gasteiger partial charge in [0.05, 0.1) is 12.5 Å². The van der Waals surface area contributed by atoms with Crippen molar-refractivity contribution in [3.05, 3.63) is 0 Å². The zero-order valence-electron chi connectivity index (χ0n) is 19.6. The number of amides is 5. The number of rotatable bonds is 17. The third-order valence-electron chi connectivity index (χ3n) is 5.17. The highest BCUT2D eigenvalue weighted by atomic mass is 16.4. The molecule has 0 spiro atoms. The van der Waals surface area contributed by atoms with Crippen molar-refractivity contribution in [2.75, 3.05) is 0 Å². The summed E-state index contributed by atoms with van der Waals surface area (Å²) in [6.07, 6.45) is -1.81. The molecule has 0 fully saturated rings. The lowest BCUT2D eigenvalue weighted by Crippen LogP contribution is -2.58. The second-order valence-corrected chi connectivity index (χ2v) is 8.04. The van der Waals surface area contributed by atoms with E-state index in [1.54, 1.807) is 13.8 Å². The van der Waals surface area contributed by atoms with Crippen molar-refractivity contribution in [1.82, 2.24) is 16.0 Å². The van der Waals surface area contributed by atoms with Crippen LogP contribution in [0.1, 0.15) is 52.4 Å². The molecule has 0 saturated carbocycles. The van der Waals surface area contributed by atoms with Gasteiger partial charge in [-0.1, -0.05) is 20.3 Å². The smallest absolute Gasteiger partial charge is 0.326 e. The summed E-state index contributed by atoms with van der Waals surface area (Å²) in [6, 6.07) is -5.63. The molecule has 0 aromatic heterocycles. The van der Waals surface area contributed by atoms with Crippen LogP contribution in [-0.4, -0.2) is 75.9 Å². The molecule has 11 N–H and O–H groups in total. The van der Waals surface area contributed by atoms with Gasteiger partial charge in [-0.25, -0.2) is 4.79 Å². The van der Waals surface area contributed by atoms with E-state index in [0.29, 0.717) is 6.42 Å². The number of carboxylic acids is 2. The van der Waals surface area contributed by atoms with E-state index in [4.69, 9.17) is 22.3 Å². The van der Waals surface area contributed by atoms with Gasteiger partial charge in [-0.05, 0) is 18.8 Å². The summed E-state index contributed by atoms with van der Waals surface area (Å²) in [6.45, 7) is 3.50. The Morgan fingerprint density at radius 3 is 1.69 bits per heavy atom. The van der Waals surface area contributed by atoms with Crippen LogP contribution in [0.25, 0.3) is 0 Å². The predicted octanol–water partition coefficient (Wildman–Crippen LogP) is -3.10. The van der Waals surface area contributed by atoms with Crippen LogP contribution in [-0.2, 0) is 33.6 Å². The summed E-state index contributed by atoms with van der Waals surface area (Å²) >= 11 is 0. The number of nitrogens with one attached hydrogen (secondary N) is 3. The van der Waals surface area contributed by atoms with E-state index in [1.165, 1.54) is 0 Å². The Hall–Kier alpha value is -3.75. The van der Waals surface area contributed by atoms with Gasteiger partial charge in [0.1, 0.15) is 18.1 Å². The molecule has 0 bridgehead atoms. The Balaban J connectivity index is 5.64. The molecule has 0 radical (unpaired) electrons. The summed E-state index contributed by atoms with van der Waals surface area (Å²) in [5.41, 5.74) is 16.0. The molecule has 0 aliphatic carbocycles. The maximum absolute atomic E-state index is 12.8. The first-order valence-corrected chi connectivity index (χ1v) is 10.9. The first-order valence-electron chi connectivity index (χ1n) is 10.9. The molecule has 0 aliphatic heterocycles. The lowest BCUT2D eigenvalue weighted by Gasteiger charge is -2.25. The number of nitrogens with two attached hydrogens (primary N) is 3. The Bertz CT molecular complexity index is 819. The molecule has 15 heteroatoms. The number of carbonyl (C=O) groups is 7. The Kier molecular flexibility index (Phi) is 13.6. The first-order chi connectivity index (χ1) is 16.2. The number of primary amides is 2. The molecular formula is C20H34N6O9. The topological polar surface area (TPSA) is 274 Å². The molecule has 35 heavy (non-hydrogen) atoms. The SMILES string of the molecule is CCC(C)C(N)C(=O)NC(CC(N)=O)C(=O)NC(CCC(=O)O)C(=O)NC(CCC(N)=O)C(=O)O. The Morgan fingerprint density at radius 1 is 0.743 bits per heavy atom. The average molecular weight is 503 g/mol. The van der Waals surface area contributed by atoms with Crippen molar-refractivity contribution in [2.24, 2.45) is 23.1 Å². The van der Waals surface area contributed by atoms with E-state index < -0.39 is 84.9 Å². The third kappa shape index (κ3) is 12.3. The maximum Gasteiger partial charge on any atom is 0.326 e. The molecule has 5 atom stereocenters. The lowest BCUT2D eigenvalue weighted by atomic mass is 9.99. The van der Waals surface area contributed by atoms with Crippen molar-refractivity contribution in [3.8, 4) is 0 Å². The maximum atomic E-state index is 12.8. The van der Waals surface area contributed by atoms with Gasteiger partial charge in [0.15, 0.2) is 0 Å². The standard InChI is InChI=1S/C20H34N6O9/c1-3-9(2)16(23)19(33)26-12(8-14(22)28)18(32)24-10(5-7-15(29)30)17(31)25-11(20(34)35)4-6-13(21)27/h9-12,16H,3-8,23H2,1-2H3,(H2,21,27)(H2,22,28)(H,24,32)(H,25,31)(H,26,33)(H,29,30)(H,34,35). The van der Waals surface area contributed by atoms with Crippen molar-refractivity contribution in [1.29, 1.82) is 0 Å². The van der Waals surface area contributed by atoms with Gasteiger partial charge in [0, 0.05) is 12.8 Å². The molecule has 198 valence electrons. The third-order valence-corrected chi connectivity index (χ3v) is 5.17. The Labute approximate surface area is 201 Å². The average Bonchev–Trinajstić information content (AvgIpc) is 2.76. The molecule has 5 amide bonds. The van der Waals surface area contributed by atoms with E-state index in [2.05, 4.69) is 16.0 Å².